The summed E-state index contributed by atoms with van der Waals surface area (Å²) >= 11 is 0. The van der Waals surface area contributed by atoms with Gasteiger partial charge in [0.1, 0.15) is 6.04 Å². The molecule has 5 unspecified atom stereocenters. The molecule has 5 atom stereocenters. The van der Waals surface area contributed by atoms with E-state index in [1.54, 1.807) is 12.4 Å². The topological polar surface area (TPSA) is 120 Å². The van der Waals surface area contributed by atoms with Crippen LogP contribution < -0.4 is 10.2 Å². The summed E-state index contributed by atoms with van der Waals surface area (Å²) in [7, 11) is 0. The fourth-order valence-corrected chi connectivity index (χ4v) is 7.61. The minimum atomic E-state index is -5.02. The number of aliphatic hydroxyl groups is 1. The summed E-state index contributed by atoms with van der Waals surface area (Å²) in [5, 5.41) is 12.3. The molecule has 0 saturated carbocycles. The van der Waals surface area contributed by atoms with Gasteiger partial charge in [-0.15, -0.1) is 0 Å². The minimum Gasteiger partial charge on any atom is -0.392 e. The standard InChI is InChI=1S/C41H45F3N6O5/c1-27-35(25-48-19-21-49(22-20-48)40-45-16-4-17-46-40)54-38(55-36(27)31-10-8-28(26-51)9-11-31)32-14-12-30(13-15-32)33-6-2-5-29(23-33)24-47-37(52)34-7-3-18-50(34)39(53)41(42,43)44/h2,4-6,8-17,23,27,34-36,38,51H,3,7,18-22,24-26H2,1H3,(H,47,52). The first-order valence-electron chi connectivity index (χ1n) is 18.7. The van der Waals surface area contributed by atoms with E-state index in [1.807, 2.05) is 78.9 Å². The van der Waals surface area contributed by atoms with Crippen LogP contribution in [0.25, 0.3) is 11.1 Å². The maximum Gasteiger partial charge on any atom is 0.471 e. The second kappa shape index (κ2) is 16.9. The zero-order valence-electron chi connectivity index (χ0n) is 30.6. The first-order chi connectivity index (χ1) is 26.6. The molecule has 3 aliphatic heterocycles. The summed E-state index contributed by atoms with van der Waals surface area (Å²) in [6.07, 6.45) is -1.98. The Morgan fingerprint density at radius 3 is 2.25 bits per heavy atom. The Bertz CT molecular complexity index is 1910. The molecule has 4 aromatic rings. The third-order valence-electron chi connectivity index (χ3n) is 10.7. The van der Waals surface area contributed by atoms with Gasteiger partial charge in [0, 0.05) is 69.7 Å². The second-order valence-corrected chi connectivity index (χ2v) is 14.4. The number of piperazine rings is 1. The second-order valence-electron chi connectivity index (χ2n) is 14.4. The number of aliphatic hydroxyl groups excluding tert-OH is 1. The monoisotopic (exact) mass is 758 g/mol. The van der Waals surface area contributed by atoms with Crippen molar-refractivity contribution in [1.82, 2.24) is 25.1 Å². The van der Waals surface area contributed by atoms with Crippen molar-refractivity contribution in [1.29, 1.82) is 0 Å². The zero-order valence-corrected chi connectivity index (χ0v) is 30.6. The van der Waals surface area contributed by atoms with Gasteiger partial charge in [0.25, 0.3) is 0 Å². The molecular formula is C41H45F3N6O5. The van der Waals surface area contributed by atoms with Crippen LogP contribution in [-0.4, -0.2) is 94.3 Å². The molecule has 3 aliphatic rings. The number of likely N-dealkylation sites (tertiary alicyclic amines) is 1. The van der Waals surface area contributed by atoms with E-state index >= 15 is 0 Å². The predicted molar refractivity (Wildman–Crippen MR) is 198 cm³/mol. The molecule has 7 rings (SSSR count). The van der Waals surface area contributed by atoms with Crippen molar-refractivity contribution in [2.75, 3.05) is 44.2 Å². The van der Waals surface area contributed by atoms with Crippen molar-refractivity contribution in [3.8, 4) is 11.1 Å². The molecule has 3 fully saturated rings. The van der Waals surface area contributed by atoms with Crippen LogP contribution in [0.1, 0.15) is 54.4 Å². The maximum absolute atomic E-state index is 13.1. The lowest BCUT2D eigenvalue weighted by atomic mass is 9.89. The minimum absolute atomic E-state index is 0.0354. The molecule has 4 heterocycles. The highest BCUT2D eigenvalue weighted by Gasteiger charge is 2.47. The number of alkyl halides is 3. The van der Waals surface area contributed by atoms with E-state index < -0.39 is 30.3 Å². The number of rotatable bonds is 10. The molecule has 55 heavy (non-hydrogen) atoms. The number of amides is 2. The van der Waals surface area contributed by atoms with E-state index in [9.17, 15) is 27.9 Å². The normalized spacial score (nSPS) is 23.5. The summed E-state index contributed by atoms with van der Waals surface area (Å²) in [5.74, 6) is -1.80. The van der Waals surface area contributed by atoms with Crippen LogP contribution >= 0.6 is 0 Å². The molecule has 1 aromatic heterocycles. The lowest BCUT2D eigenvalue weighted by Gasteiger charge is -2.44. The summed E-state index contributed by atoms with van der Waals surface area (Å²) in [5.41, 5.74) is 5.30. The molecule has 3 saturated heterocycles. The molecule has 0 spiro atoms. The van der Waals surface area contributed by atoms with Crippen LogP contribution in [0.4, 0.5) is 19.1 Å². The Kier molecular flexibility index (Phi) is 11.8. The van der Waals surface area contributed by atoms with Crippen LogP contribution in [0, 0.1) is 5.92 Å². The average molecular weight is 759 g/mol. The molecule has 0 radical (unpaired) electrons. The molecule has 0 bridgehead atoms. The molecule has 14 heteroatoms. The number of hydrogen-bond donors (Lipinski definition) is 2. The van der Waals surface area contributed by atoms with Gasteiger partial charge in [-0.05, 0) is 52.8 Å². The number of nitrogens with zero attached hydrogens (tertiary/aromatic N) is 5. The summed E-state index contributed by atoms with van der Waals surface area (Å²) in [6.45, 7) is 6.18. The van der Waals surface area contributed by atoms with Gasteiger partial charge < -0.3 is 29.7 Å². The Morgan fingerprint density at radius 2 is 1.56 bits per heavy atom. The first-order valence-corrected chi connectivity index (χ1v) is 18.7. The first kappa shape index (κ1) is 38.4. The lowest BCUT2D eigenvalue weighted by Crippen LogP contribution is -2.51. The van der Waals surface area contributed by atoms with Crippen molar-refractivity contribution in [3.05, 3.63) is 114 Å². The van der Waals surface area contributed by atoms with Gasteiger partial charge in [-0.25, -0.2) is 9.97 Å². The van der Waals surface area contributed by atoms with Crippen LogP contribution in [0.5, 0.6) is 0 Å². The van der Waals surface area contributed by atoms with E-state index in [0.29, 0.717) is 11.3 Å². The highest BCUT2D eigenvalue weighted by molar-refractivity contribution is 5.90. The number of aromatic nitrogens is 2. The summed E-state index contributed by atoms with van der Waals surface area (Å²) in [4.78, 5) is 38.7. The van der Waals surface area contributed by atoms with E-state index in [0.717, 1.165) is 72.1 Å². The van der Waals surface area contributed by atoms with Crippen LogP contribution in [0.15, 0.2) is 91.3 Å². The Balaban J connectivity index is 1.02. The van der Waals surface area contributed by atoms with Gasteiger partial charge in [-0.1, -0.05) is 73.7 Å². The number of carbonyl (C=O) groups is 2. The predicted octanol–water partition coefficient (Wildman–Crippen LogP) is 5.42. The third-order valence-corrected chi connectivity index (χ3v) is 10.7. The van der Waals surface area contributed by atoms with Gasteiger partial charge in [0.2, 0.25) is 11.9 Å². The lowest BCUT2D eigenvalue weighted by molar-refractivity contribution is -0.276. The van der Waals surface area contributed by atoms with Gasteiger partial charge in [-0.2, -0.15) is 13.2 Å². The fourth-order valence-electron chi connectivity index (χ4n) is 7.61. The van der Waals surface area contributed by atoms with Crippen molar-refractivity contribution in [2.45, 2.75) is 63.6 Å². The number of nitrogens with one attached hydrogen (secondary N) is 1. The molecular weight excluding hydrogens is 713 g/mol. The Hall–Kier alpha value is -4.89. The van der Waals surface area contributed by atoms with Crippen molar-refractivity contribution >= 4 is 17.8 Å². The van der Waals surface area contributed by atoms with Gasteiger partial charge in [0.05, 0.1) is 18.8 Å². The maximum atomic E-state index is 13.1. The molecule has 290 valence electrons. The van der Waals surface area contributed by atoms with Gasteiger partial charge in [-0.3, -0.25) is 14.5 Å². The smallest absolute Gasteiger partial charge is 0.392 e. The van der Waals surface area contributed by atoms with E-state index in [2.05, 4.69) is 32.0 Å². The van der Waals surface area contributed by atoms with E-state index in [-0.39, 0.29) is 44.2 Å². The number of anilines is 1. The molecule has 3 aromatic carbocycles. The number of halogens is 3. The Morgan fingerprint density at radius 1 is 0.855 bits per heavy atom. The van der Waals surface area contributed by atoms with Crippen molar-refractivity contribution < 1.29 is 37.3 Å². The molecule has 2 amide bonds. The largest absolute Gasteiger partial charge is 0.471 e. The quantitative estimate of drug-likeness (QED) is 0.219. The summed E-state index contributed by atoms with van der Waals surface area (Å²) in [6, 6.07) is 24.0. The average Bonchev–Trinajstić information content (AvgIpc) is 3.71. The van der Waals surface area contributed by atoms with Crippen molar-refractivity contribution in [3.63, 3.8) is 0 Å². The van der Waals surface area contributed by atoms with E-state index in [1.165, 1.54) is 0 Å². The summed E-state index contributed by atoms with van der Waals surface area (Å²) < 4.78 is 52.6. The van der Waals surface area contributed by atoms with E-state index in [4.69, 9.17) is 9.47 Å². The number of hydrogen-bond acceptors (Lipinski definition) is 9. The van der Waals surface area contributed by atoms with Crippen LogP contribution in [-0.2, 0) is 32.2 Å². The van der Waals surface area contributed by atoms with Crippen LogP contribution in [0.3, 0.4) is 0 Å². The molecule has 2 N–H and O–H groups in total. The fraction of sp³-hybridized carbons (Fsp3) is 0.415. The number of benzene rings is 3. The van der Waals surface area contributed by atoms with Crippen LogP contribution in [0.2, 0.25) is 0 Å². The molecule has 11 nitrogen and oxygen atoms in total. The Labute approximate surface area is 318 Å². The van der Waals surface area contributed by atoms with Gasteiger partial charge >= 0.3 is 12.1 Å². The third kappa shape index (κ3) is 8.99. The number of carbonyl (C=O) groups excluding carboxylic acids is 2. The van der Waals surface area contributed by atoms with Crippen molar-refractivity contribution in [2.24, 2.45) is 5.92 Å². The highest BCUT2D eigenvalue weighted by atomic mass is 19.4. The highest BCUT2D eigenvalue weighted by Crippen LogP contribution is 2.42. The molecule has 0 aliphatic carbocycles. The van der Waals surface area contributed by atoms with Gasteiger partial charge in [0.15, 0.2) is 6.29 Å². The SMILES string of the molecule is CC1C(CN2CCN(c3ncccn3)CC2)OC(c2ccc(-c3cccc(CNC(=O)C4CCCN4C(=O)C(F)(F)F)c3)cc2)OC1c1ccc(CO)cc1. The number of ether oxygens (including phenoxy) is 2. The zero-order chi connectivity index (χ0) is 38.5.